The molecule has 1 aromatic heterocycles. The summed E-state index contributed by atoms with van der Waals surface area (Å²) >= 11 is 0. The van der Waals surface area contributed by atoms with Crippen molar-refractivity contribution < 1.29 is 24.1 Å². The van der Waals surface area contributed by atoms with E-state index in [0.717, 1.165) is 27.7 Å². The molecule has 4 rings (SSSR count). The SMILES string of the molecule is COc1ccc([C@@H]2N[C@@H](C(=O)O)Cc3c2[nH]c2ccccc32)c(OC)c1OC. The van der Waals surface area contributed by atoms with Crippen LogP contribution in [0.2, 0.25) is 0 Å². The molecule has 0 saturated heterocycles. The molecule has 1 aliphatic heterocycles. The summed E-state index contributed by atoms with van der Waals surface area (Å²) in [4.78, 5) is 15.3. The first-order valence-electron chi connectivity index (χ1n) is 8.96. The predicted molar refractivity (Wildman–Crippen MR) is 105 cm³/mol. The van der Waals surface area contributed by atoms with E-state index in [2.05, 4.69) is 10.3 Å². The number of nitrogens with one attached hydrogen (secondary N) is 2. The van der Waals surface area contributed by atoms with Gasteiger partial charge in [0.15, 0.2) is 11.5 Å². The zero-order valence-corrected chi connectivity index (χ0v) is 15.9. The highest BCUT2D eigenvalue weighted by molar-refractivity contribution is 5.87. The van der Waals surface area contributed by atoms with Gasteiger partial charge in [0, 0.05) is 28.6 Å². The maximum atomic E-state index is 11.8. The van der Waals surface area contributed by atoms with Crippen LogP contribution >= 0.6 is 0 Å². The number of rotatable bonds is 5. The summed E-state index contributed by atoms with van der Waals surface area (Å²) < 4.78 is 16.5. The Morgan fingerprint density at radius 3 is 2.46 bits per heavy atom. The minimum absolute atomic E-state index is 0.396. The number of benzene rings is 2. The molecule has 2 heterocycles. The van der Waals surface area contributed by atoms with E-state index in [-0.39, 0.29) is 0 Å². The van der Waals surface area contributed by atoms with Crippen LogP contribution in [0.15, 0.2) is 36.4 Å². The van der Waals surface area contributed by atoms with Crippen molar-refractivity contribution >= 4 is 16.9 Å². The third-order valence-electron chi connectivity index (χ3n) is 5.26. The maximum absolute atomic E-state index is 11.8. The van der Waals surface area contributed by atoms with Gasteiger partial charge in [-0.3, -0.25) is 10.1 Å². The monoisotopic (exact) mass is 382 g/mol. The van der Waals surface area contributed by atoms with Crippen molar-refractivity contribution in [3.05, 3.63) is 53.2 Å². The van der Waals surface area contributed by atoms with Gasteiger partial charge in [-0.15, -0.1) is 0 Å². The number of aromatic nitrogens is 1. The molecule has 0 fully saturated rings. The minimum Gasteiger partial charge on any atom is -0.493 e. The molecule has 0 aliphatic carbocycles. The predicted octanol–water partition coefficient (Wildman–Crippen LogP) is 2.88. The fourth-order valence-electron chi connectivity index (χ4n) is 3.99. The molecule has 0 unspecified atom stereocenters. The van der Waals surface area contributed by atoms with Gasteiger partial charge in [-0.2, -0.15) is 0 Å². The van der Waals surface area contributed by atoms with E-state index < -0.39 is 18.1 Å². The van der Waals surface area contributed by atoms with Gasteiger partial charge in [0.2, 0.25) is 5.75 Å². The Labute approximate surface area is 162 Å². The van der Waals surface area contributed by atoms with Crippen LogP contribution in [0.3, 0.4) is 0 Å². The van der Waals surface area contributed by atoms with Gasteiger partial charge in [-0.05, 0) is 23.8 Å². The van der Waals surface area contributed by atoms with E-state index in [1.165, 1.54) is 0 Å². The first-order chi connectivity index (χ1) is 13.6. The number of ether oxygens (including phenoxy) is 3. The summed E-state index contributed by atoms with van der Waals surface area (Å²) in [6.45, 7) is 0. The van der Waals surface area contributed by atoms with E-state index >= 15 is 0 Å². The van der Waals surface area contributed by atoms with Crippen molar-refractivity contribution in [1.29, 1.82) is 0 Å². The standard InChI is InChI=1S/C21H22N2O5/c1-26-16-9-8-12(19(27-2)20(16)28-3)17-18-13(10-15(23-17)21(24)25)11-6-4-5-7-14(11)22-18/h4-9,15,17,22-23H,10H2,1-3H3,(H,24,25)/t15-,17+/m1/s1. The van der Waals surface area contributed by atoms with Crippen LogP contribution in [0.1, 0.15) is 22.9 Å². The summed E-state index contributed by atoms with van der Waals surface area (Å²) in [7, 11) is 4.67. The molecule has 0 bridgehead atoms. The van der Waals surface area contributed by atoms with Crippen LogP contribution in [0.5, 0.6) is 17.2 Å². The number of carboxylic acids is 1. The first-order valence-corrected chi connectivity index (χ1v) is 8.96. The summed E-state index contributed by atoms with van der Waals surface area (Å²) in [5, 5.41) is 14.0. The Balaban J connectivity index is 1.94. The molecule has 7 nitrogen and oxygen atoms in total. The summed E-state index contributed by atoms with van der Waals surface area (Å²) in [5.74, 6) is 0.639. The average Bonchev–Trinajstić information content (AvgIpc) is 3.10. The van der Waals surface area contributed by atoms with E-state index in [1.807, 2.05) is 30.3 Å². The van der Waals surface area contributed by atoms with Crippen molar-refractivity contribution in [1.82, 2.24) is 10.3 Å². The van der Waals surface area contributed by atoms with Crippen molar-refractivity contribution in [3.8, 4) is 17.2 Å². The van der Waals surface area contributed by atoms with E-state index in [0.29, 0.717) is 23.7 Å². The Hall–Kier alpha value is -3.19. The number of carbonyl (C=O) groups is 1. The lowest BCUT2D eigenvalue weighted by molar-refractivity contribution is -0.139. The second-order valence-electron chi connectivity index (χ2n) is 6.68. The molecular formula is C21H22N2O5. The minimum atomic E-state index is -0.889. The molecule has 3 aromatic rings. The topological polar surface area (TPSA) is 92.8 Å². The van der Waals surface area contributed by atoms with Crippen LogP contribution in [0, 0.1) is 0 Å². The lowest BCUT2D eigenvalue weighted by atomic mass is 9.89. The molecule has 146 valence electrons. The van der Waals surface area contributed by atoms with Gasteiger partial charge in [-0.1, -0.05) is 18.2 Å². The highest BCUT2D eigenvalue weighted by atomic mass is 16.5. The van der Waals surface area contributed by atoms with Crippen LogP contribution in [0.4, 0.5) is 0 Å². The summed E-state index contributed by atoms with van der Waals surface area (Å²) in [6.07, 6.45) is 0.404. The largest absolute Gasteiger partial charge is 0.493 e. The molecule has 3 N–H and O–H groups in total. The van der Waals surface area contributed by atoms with Crippen molar-refractivity contribution in [2.45, 2.75) is 18.5 Å². The Morgan fingerprint density at radius 1 is 1.04 bits per heavy atom. The Kier molecular flexibility index (Phi) is 4.60. The van der Waals surface area contributed by atoms with Crippen LogP contribution < -0.4 is 19.5 Å². The number of aliphatic carboxylic acids is 1. The third kappa shape index (κ3) is 2.75. The summed E-state index contributed by atoms with van der Waals surface area (Å²) in [6, 6.07) is 10.5. The maximum Gasteiger partial charge on any atom is 0.321 e. The molecule has 0 radical (unpaired) electrons. The normalized spacial score (nSPS) is 18.5. The lowest BCUT2D eigenvalue weighted by Gasteiger charge is -2.31. The van der Waals surface area contributed by atoms with Gasteiger partial charge in [-0.25, -0.2) is 0 Å². The third-order valence-corrected chi connectivity index (χ3v) is 5.26. The number of hydrogen-bond acceptors (Lipinski definition) is 5. The van der Waals surface area contributed by atoms with Gasteiger partial charge in [0.1, 0.15) is 6.04 Å². The zero-order chi connectivity index (χ0) is 19.8. The first kappa shape index (κ1) is 18.2. The van der Waals surface area contributed by atoms with Gasteiger partial charge in [0.25, 0.3) is 0 Å². The van der Waals surface area contributed by atoms with Crippen LogP contribution in [-0.4, -0.2) is 43.4 Å². The van der Waals surface area contributed by atoms with Crippen molar-refractivity contribution in [3.63, 3.8) is 0 Å². The molecule has 0 amide bonds. The molecule has 28 heavy (non-hydrogen) atoms. The van der Waals surface area contributed by atoms with Crippen molar-refractivity contribution in [2.24, 2.45) is 0 Å². The lowest BCUT2D eigenvalue weighted by Crippen LogP contribution is -2.45. The van der Waals surface area contributed by atoms with Gasteiger partial charge >= 0.3 is 5.97 Å². The zero-order valence-electron chi connectivity index (χ0n) is 15.9. The fraction of sp³-hybridized carbons (Fsp3) is 0.286. The highest BCUT2D eigenvalue weighted by Gasteiger charge is 2.36. The Bertz CT molecular complexity index is 1040. The second kappa shape index (κ2) is 7.09. The fourth-order valence-corrected chi connectivity index (χ4v) is 3.99. The number of aromatic amines is 1. The molecule has 1 aliphatic rings. The molecular weight excluding hydrogens is 360 g/mol. The molecule has 0 saturated carbocycles. The molecule has 2 atom stereocenters. The van der Waals surface area contributed by atoms with Gasteiger partial charge in [0.05, 0.1) is 27.4 Å². The van der Waals surface area contributed by atoms with E-state index in [4.69, 9.17) is 14.2 Å². The number of hydrogen-bond donors (Lipinski definition) is 3. The average molecular weight is 382 g/mol. The Morgan fingerprint density at radius 2 is 1.79 bits per heavy atom. The van der Waals surface area contributed by atoms with Crippen LogP contribution in [0.25, 0.3) is 10.9 Å². The van der Waals surface area contributed by atoms with E-state index in [9.17, 15) is 9.90 Å². The number of para-hydroxylation sites is 1. The number of fused-ring (bicyclic) bond motifs is 3. The molecule has 2 aromatic carbocycles. The number of H-pyrrole nitrogens is 1. The quantitative estimate of drug-likeness (QED) is 0.628. The van der Waals surface area contributed by atoms with Crippen LogP contribution in [-0.2, 0) is 11.2 Å². The summed E-state index contributed by atoms with van der Waals surface area (Å²) in [5.41, 5.74) is 3.69. The van der Waals surface area contributed by atoms with E-state index in [1.54, 1.807) is 27.4 Å². The number of methoxy groups -OCH3 is 3. The van der Waals surface area contributed by atoms with Gasteiger partial charge < -0.3 is 24.3 Å². The second-order valence-corrected chi connectivity index (χ2v) is 6.68. The highest BCUT2D eigenvalue weighted by Crippen LogP contribution is 2.45. The molecule has 0 spiro atoms. The molecule has 7 heteroatoms. The number of carboxylic acid groups (broad SMARTS) is 1. The van der Waals surface area contributed by atoms with Crippen molar-refractivity contribution in [2.75, 3.05) is 21.3 Å². The smallest absolute Gasteiger partial charge is 0.321 e.